The van der Waals surface area contributed by atoms with Gasteiger partial charge in [-0.2, -0.15) is 0 Å². The van der Waals surface area contributed by atoms with Gasteiger partial charge in [-0.25, -0.2) is 4.79 Å². The third-order valence-corrected chi connectivity index (χ3v) is 4.70. The molecule has 1 N–H and O–H groups in total. The average Bonchev–Trinajstić information content (AvgIpc) is 2.50. The van der Waals surface area contributed by atoms with Gasteiger partial charge in [0.05, 0.1) is 5.56 Å². The van der Waals surface area contributed by atoms with Gasteiger partial charge in [0.25, 0.3) is 5.91 Å². The number of hydrogen-bond donors (Lipinski definition) is 1. The molecule has 1 aliphatic carbocycles. The molecule has 1 aromatic rings. The minimum absolute atomic E-state index is 0.190. The number of amides is 1. The highest BCUT2D eigenvalue weighted by Crippen LogP contribution is 2.23. The van der Waals surface area contributed by atoms with Crippen LogP contribution in [0, 0.1) is 5.92 Å². The fraction of sp³-hybridized carbons (Fsp3) is 0.529. The summed E-state index contributed by atoms with van der Waals surface area (Å²) in [6, 6.07) is 7.06. The fourth-order valence-corrected chi connectivity index (χ4v) is 2.96. The van der Waals surface area contributed by atoms with E-state index in [1.54, 1.807) is 31.2 Å². The minimum Gasteiger partial charge on any atom is -0.449 e. The molecule has 1 amide bonds. The van der Waals surface area contributed by atoms with Crippen molar-refractivity contribution >= 4 is 27.8 Å². The maximum absolute atomic E-state index is 12.2. The lowest BCUT2D eigenvalue weighted by atomic mass is 9.86. The van der Waals surface area contributed by atoms with Crippen LogP contribution in [0.3, 0.4) is 0 Å². The van der Waals surface area contributed by atoms with E-state index in [0.717, 1.165) is 23.7 Å². The first-order valence-electron chi connectivity index (χ1n) is 7.74. The smallest absolute Gasteiger partial charge is 0.338 e. The number of ether oxygens (including phenoxy) is 1. The molecule has 0 unspecified atom stereocenters. The molecule has 22 heavy (non-hydrogen) atoms. The van der Waals surface area contributed by atoms with Gasteiger partial charge in [-0.15, -0.1) is 0 Å². The molecule has 0 heterocycles. The van der Waals surface area contributed by atoms with Gasteiger partial charge in [0.15, 0.2) is 6.10 Å². The third-order valence-electron chi connectivity index (χ3n) is 4.17. The largest absolute Gasteiger partial charge is 0.449 e. The number of esters is 1. The molecular weight excluding hydrogens is 346 g/mol. The number of halogens is 1. The van der Waals surface area contributed by atoms with Crippen LogP contribution in [0.2, 0.25) is 0 Å². The summed E-state index contributed by atoms with van der Waals surface area (Å²) in [5.41, 5.74) is 0.439. The quantitative estimate of drug-likeness (QED) is 0.825. The molecule has 0 radical (unpaired) electrons. The van der Waals surface area contributed by atoms with Crippen molar-refractivity contribution in [3.05, 3.63) is 34.3 Å². The number of benzene rings is 1. The normalized spacial score (nSPS) is 22.7. The summed E-state index contributed by atoms with van der Waals surface area (Å²) < 4.78 is 6.14. The molecule has 3 atom stereocenters. The minimum atomic E-state index is -0.787. The molecule has 1 aliphatic rings. The van der Waals surface area contributed by atoms with Crippen molar-refractivity contribution in [3.8, 4) is 0 Å². The van der Waals surface area contributed by atoms with Crippen molar-refractivity contribution in [1.82, 2.24) is 5.32 Å². The van der Waals surface area contributed by atoms with E-state index in [2.05, 4.69) is 28.2 Å². The first-order valence-corrected chi connectivity index (χ1v) is 8.53. The van der Waals surface area contributed by atoms with Crippen LogP contribution in [0.25, 0.3) is 0 Å². The molecule has 0 spiro atoms. The average molecular weight is 368 g/mol. The predicted octanol–water partition coefficient (Wildman–Crippen LogP) is 3.69. The molecule has 0 aromatic heterocycles. The number of nitrogens with one attached hydrogen (secondary N) is 1. The van der Waals surface area contributed by atoms with Crippen LogP contribution in [0.15, 0.2) is 28.7 Å². The Labute approximate surface area is 139 Å². The Morgan fingerprint density at radius 3 is 2.50 bits per heavy atom. The Balaban J connectivity index is 1.87. The van der Waals surface area contributed by atoms with Crippen molar-refractivity contribution in [2.45, 2.75) is 51.7 Å². The van der Waals surface area contributed by atoms with Gasteiger partial charge in [0, 0.05) is 10.5 Å². The van der Waals surface area contributed by atoms with Crippen LogP contribution >= 0.6 is 15.9 Å². The van der Waals surface area contributed by atoms with Crippen molar-refractivity contribution in [3.63, 3.8) is 0 Å². The van der Waals surface area contributed by atoms with Crippen molar-refractivity contribution in [2.24, 2.45) is 5.92 Å². The second-order valence-corrected chi connectivity index (χ2v) is 6.85. The highest BCUT2D eigenvalue weighted by atomic mass is 79.9. The number of hydrogen-bond acceptors (Lipinski definition) is 3. The zero-order chi connectivity index (χ0) is 16.1. The Hall–Kier alpha value is -1.36. The Morgan fingerprint density at radius 2 is 1.86 bits per heavy atom. The van der Waals surface area contributed by atoms with Crippen LogP contribution in [0.1, 0.15) is 49.9 Å². The second-order valence-electron chi connectivity index (χ2n) is 5.93. The molecular formula is C17H22BrNO3. The van der Waals surface area contributed by atoms with Gasteiger partial charge in [-0.1, -0.05) is 35.7 Å². The third kappa shape index (κ3) is 4.57. The SMILES string of the molecule is C[C@@H]1CCCC[C@H]1NC(=O)[C@@H](C)OC(=O)c1ccc(Br)cc1. The van der Waals surface area contributed by atoms with E-state index >= 15 is 0 Å². The van der Waals surface area contributed by atoms with Gasteiger partial charge in [0.1, 0.15) is 0 Å². The molecule has 120 valence electrons. The summed E-state index contributed by atoms with van der Waals surface area (Å²) in [6.07, 6.45) is 3.72. The molecule has 0 aliphatic heterocycles. The summed E-state index contributed by atoms with van der Waals surface area (Å²) in [6.45, 7) is 3.77. The van der Waals surface area contributed by atoms with Gasteiger partial charge in [-0.05, 0) is 49.9 Å². The Morgan fingerprint density at radius 1 is 1.23 bits per heavy atom. The lowest BCUT2D eigenvalue weighted by Crippen LogP contribution is -2.45. The standard InChI is InChI=1S/C17H22BrNO3/c1-11-5-3-4-6-15(11)19-16(20)12(2)22-17(21)13-7-9-14(18)10-8-13/h7-12,15H,3-6H2,1-2H3,(H,19,20)/t11-,12-,15-/m1/s1. The molecule has 0 saturated heterocycles. The van der Waals surface area contributed by atoms with E-state index < -0.39 is 12.1 Å². The van der Waals surface area contributed by atoms with E-state index in [-0.39, 0.29) is 11.9 Å². The molecule has 4 nitrogen and oxygen atoms in total. The zero-order valence-electron chi connectivity index (χ0n) is 13.0. The van der Waals surface area contributed by atoms with Crippen molar-refractivity contribution < 1.29 is 14.3 Å². The van der Waals surface area contributed by atoms with Crippen LogP contribution < -0.4 is 5.32 Å². The van der Waals surface area contributed by atoms with Crippen LogP contribution in [-0.4, -0.2) is 24.0 Å². The van der Waals surface area contributed by atoms with Gasteiger partial charge in [-0.3, -0.25) is 4.79 Å². The van der Waals surface area contributed by atoms with Crippen molar-refractivity contribution in [1.29, 1.82) is 0 Å². The summed E-state index contributed by atoms with van der Waals surface area (Å²) in [4.78, 5) is 24.2. The summed E-state index contributed by atoms with van der Waals surface area (Å²) in [5, 5.41) is 3.01. The molecule has 5 heteroatoms. The zero-order valence-corrected chi connectivity index (χ0v) is 14.6. The molecule has 1 aromatic carbocycles. The first kappa shape index (κ1) is 17.0. The van der Waals surface area contributed by atoms with Crippen LogP contribution in [0.4, 0.5) is 0 Å². The Kier molecular flexibility index (Phi) is 6.00. The summed E-state index contributed by atoms with van der Waals surface area (Å²) >= 11 is 3.31. The summed E-state index contributed by atoms with van der Waals surface area (Å²) in [7, 11) is 0. The lowest BCUT2D eigenvalue weighted by molar-refractivity contribution is -0.130. The van der Waals surface area contributed by atoms with Crippen LogP contribution in [0.5, 0.6) is 0 Å². The highest BCUT2D eigenvalue weighted by molar-refractivity contribution is 9.10. The second kappa shape index (κ2) is 7.77. The van der Waals surface area contributed by atoms with Gasteiger partial charge in [0.2, 0.25) is 0 Å². The highest BCUT2D eigenvalue weighted by Gasteiger charge is 2.26. The topological polar surface area (TPSA) is 55.4 Å². The monoisotopic (exact) mass is 367 g/mol. The van der Waals surface area contributed by atoms with Gasteiger partial charge < -0.3 is 10.1 Å². The van der Waals surface area contributed by atoms with Crippen molar-refractivity contribution in [2.75, 3.05) is 0 Å². The molecule has 0 bridgehead atoms. The van der Waals surface area contributed by atoms with Crippen LogP contribution in [-0.2, 0) is 9.53 Å². The van der Waals surface area contributed by atoms with E-state index in [1.807, 2.05) is 0 Å². The first-order chi connectivity index (χ1) is 10.5. The van der Waals surface area contributed by atoms with E-state index in [9.17, 15) is 9.59 Å². The number of carbonyl (C=O) groups excluding carboxylic acids is 2. The van der Waals surface area contributed by atoms with E-state index in [1.165, 1.54) is 6.42 Å². The number of rotatable bonds is 4. The summed E-state index contributed by atoms with van der Waals surface area (Å²) in [5.74, 6) is -0.219. The van der Waals surface area contributed by atoms with E-state index in [0.29, 0.717) is 11.5 Å². The Bertz CT molecular complexity index is 529. The van der Waals surface area contributed by atoms with E-state index in [4.69, 9.17) is 4.74 Å². The molecule has 2 rings (SSSR count). The fourth-order valence-electron chi connectivity index (χ4n) is 2.70. The molecule has 1 saturated carbocycles. The maximum Gasteiger partial charge on any atom is 0.338 e. The predicted molar refractivity (Wildman–Crippen MR) is 88.6 cm³/mol. The maximum atomic E-state index is 12.2. The lowest BCUT2D eigenvalue weighted by Gasteiger charge is -2.30. The van der Waals surface area contributed by atoms with Gasteiger partial charge >= 0.3 is 5.97 Å². The number of carbonyl (C=O) groups is 2. The molecule has 1 fully saturated rings.